The average Bonchev–Trinajstić information content (AvgIpc) is 2.40. The van der Waals surface area contributed by atoms with E-state index < -0.39 is 23.5 Å². The third-order valence-electron chi connectivity index (χ3n) is 3.02. The molecule has 0 radical (unpaired) electrons. The zero-order chi connectivity index (χ0) is 15.6. The van der Waals surface area contributed by atoms with Gasteiger partial charge in [-0.15, -0.1) is 0 Å². The summed E-state index contributed by atoms with van der Waals surface area (Å²) in [7, 11) is 0. The zero-order valence-electron chi connectivity index (χ0n) is 11.1. The van der Waals surface area contributed by atoms with Crippen LogP contribution in [0, 0.1) is 21.0 Å². The van der Waals surface area contributed by atoms with Crippen LogP contribution < -0.4 is 5.32 Å². The lowest BCUT2D eigenvalue weighted by atomic mass is 9.97. The smallest absolute Gasteiger partial charge is 0.134 e. The van der Waals surface area contributed by atoms with Gasteiger partial charge in [0.05, 0.1) is 11.1 Å². The highest BCUT2D eigenvalue weighted by Crippen LogP contribution is 2.30. The molecule has 112 valence electrons. The Balaban J connectivity index is 2.55. The van der Waals surface area contributed by atoms with Gasteiger partial charge in [0.15, 0.2) is 0 Å². The largest absolute Gasteiger partial charge is 0.306 e. The highest BCUT2D eigenvalue weighted by atomic mass is 127. The number of nitrogens with one attached hydrogen (secondary N) is 1. The van der Waals surface area contributed by atoms with Crippen molar-refractivity contribution >= 4 is 34.2 Å². The molecule has 0 bridgehead atoms. The Hall–Kier alpha value is -0.790. The summed E-state index contributed by atoms with van der Waals surface area (Å²) in [4.78, 5) is 0. The predicted molar refractivity (Wildman–Crippen MR) is 86.0 cm³/mol. The molecule has 1 atom stereocenters. The molecule has 2 aromatic rings. The molecule has 0 heterocycles. The first-order valence-corrected chi connectivity index (χ1v) is 7.72. The van der Waals surface area contributed by atoms with Crippen LogP contribution in [0.4, 0.5) is 13.2 Å². The van der Waals surface area contributed by atoms with Gasteiger partial charge >= 0.3 is 0 Å². The summed E-state index contributed by atoms with van der Waals surface area (Å²) in [5.41, 5.74) is 0.405. The van der Waals surface area contributed by atoms with Crippen molar-refractivity contribution in [1.82, 2.24) is 5.32 Å². The number of hydrogen-bond donors (Lipinski definition) is 1. The second-order valence-corrected chi connectivity index (χ2v) is 6.02. The standard InChI is InChI=1S/C15H12ClF3IN/c1-2-21-15(8-3-4-13(20)10(16)5-8)14-11(18)6-9(17)7-12(14)19/h3-7,15,21H,2H2,1H3. The SMILES string of the molecule is CCNC(c1ccc(I)c(Cl)c1)c1c(F)cc(F)cc1F. The molecule has 21 heavy (non-hydrogen) atoms. The highest BCUT2D eigenvalue weighted by Gasteiger charge is 2.23. The molecule has 2 rings (SSSR count). The summed E-state index contributed by atoms with van der Waals surface area (Å²) >= 11 is 8.14. The molecule has 0 saturated heterocycles. The lowest BCUT2D eigenvalue weighted by molar-refractivity contribution is 0.492. The van der Waals surface area contributed by atoms with Crippen molar-refractivity contribution < 1.29 is 13.2 Å². The van der Waals surface area contributed by atoms with E-state index in [0.717, 1.165) is 3.57 Å². The molecule has 0 amide bonds. The zero-order valence-corrected chi connectivity index (χ0v) is 14.0. The van der Waals surface area contributed by atoms with Gasteiger partial charge in [-0.25, -0.2) is 13.2 Å². The quantitative estimate of drug-likeness (QED) is 0.675. The lowest BCUT2D eigenvalue weighted by Crippen LogP contribution is -2.24. The Morgan fingerprint density at radius 1 is 1.14 bits per heavy atom. The Labute approximate surface area is 139 Å². The molecule has 0 fully saturated rings. The van der Waals surface area contributed by atoms with Gasteiger partial charge in [0.25, 0.3) is 0 Å². The Morgan fingerprint density at radius 2 is 1.76 bits per heavy atom. The molecule has 2 aromatic carbocycles. The summed E-state index contributed by atoms with van der Waals surface area (Å²) in [6.07, 6.45) is 0. The van der Waals surface area contributed by atoms with Crippen LogP contribution in [0.1, 0.15) is 24.1 Å². The number of halogens is 5. The molecule has 0 aliphatic carbocycles. The van der Waals surface area contributed by atoms with Gasteiger partial charge in [0.2, 0.25) is 0 Å². The summed E-state index contributed by atoms with van der Waals surface area (Å²) in [6.45, 7) is 2.31. The molecule has 1 N–H and O–H groups in total. The monoisotopic (exact) mass is 425 g/mol. The minimum absolute atomic E-state index is 0.212. The van der Waals surface area contributed by atoms with Crippen molar-refractivity contribution in [3.05, 3.63) is 67.5 Å². The van der Waals surface area contributed by atoms with Crippen LogP contribution in [0.3, 0.4) is 0 Å². The van der Waals surface area contributed by atoms with Gasteiger partial charge in [-0.3, -0.25) is 0 Å². The fourth-order valence-corrected chi connectivity index (χ4v) is 2.64. The van der Waals surface area contributed by atoms with Gasteiger partial charge in [-0.2, -0.15) is 0 Å². The fourth-order valence-electron chi connectivity index (χ4n) is 2.11. The molecular formula is C15H12ClF3IN. The third kappa shape index (κ3) is 3.70. The number of hydrogen-bond acceptors (Lipinski definition) is 1. The molecule has 1 nitrogen and oxygen atoms in total. The van der Waals surface area contributed by atoms with Crippen molar-refractivity contribution in [2.24, 2.45) is 0 Å². The van der Waals surface area contributed by atoms with E-state index in [2.05, 4.69) is 27.9 Å². The maximum absolute atomic E-state index is 14.0. The summed E-state index contributed by atoms with van der Waals surface area (Å²) in [6, 6.07) is 5.78. The van der Waals surface area contributed by atoms with E-state index in [4.69, 9.17) is 11.6 Å². The summed E-state index contributed by atoms with van der Waals surface area (Å²) < 4.78 is 41.9. The van der Waals surface area contributed by atoms with Gasteiger partial charge in [-0.1, -0.05) is 24.6 Å². The maximum atomic E-state index is 14.0. The van der Waals surface area contributed by atoms with E-state index in [9.17, 15) is 13.2 Å². The van der Waals surface area contributed by atoms with E-state index in [1.807, 2.05) is 6.92 Å². The van der Waals surface area contributed by atoms with Crippen LogP contribution in [0.25, 0.3) is 0 Å². The van der Waals surface area contributed by atoms with Gasteiger partial charge in [0.1, 0.15) is 17.5 Å². The van der Waals surface area contributed by atoms with E-state index in [1.165, 1.54) is 0 Å². The van der Waals surface area contributed by atoms with Crippen molar-refractivity contribution in [3.8, 4) is 0 Å². The van der Waals surface area contributed by atoms with Crippen LogP contribution >= 0.6 is 34.2 Å². The van der Waals surface area contributed by atoms with Gasteiger partial charge in [-0.05, 0) is 46.8 Å². The molecule has 0 spiro atoms. The van der Waals surface area contributed by atoms with E-state index >= 15 is 0 Å². The van der Waals surface area contributed by atoms with Crippen molar-refractivity contribution in [1.29, 1.82) is 0 Å². The minimum Gasteiger partial charge on any atom is -0.306 e. The fraction of sp³-hybridized carbons (Fsp3) is 0.200. The third-order valence-corrected chi connectivity index (χ3v) is 4.59. The average molecular weight is 426 g/mol. The first kappa shape index (κ1) is 16.6. The van der Waals surface area contributed by atoms with Crippen molar-refractivity contribution in [2.45, 2.75) is 13.0 Å². The van der Waals surface area contributed by atoms with Crippen LogP contribution in [0.2, 0.25) is 5.02 Å². The first-order valence-electron chi connectivity index (χ1n) is 6.26. The number of rotatable bonds is 4. The minimum atomic E-state index is -0.940. The maximum Gasteiger partial charge on any atom is 0.134 e. The van der Waals surface area contributed by atoms with Crippen molar-refractivity contribution in [3.63, 3.8) is 0 Å². The van der Waals surface area contributed by atoms with Crippen LogP contribution in [-0.4, -0.2) is 6.54 Å². The van der Waals surface area contributed by atoms with Crippen LogP contribution in [0.5, 0.6) is 0 Å². The molecule has 0 aliphatic heterocycles. The van der Waals surface area contributed by atoms with Crippen LogP contribution in [-0.2, 0) is 0 Å². The Bertz CT molecular complexity index is 640. The van der Waals surface area contributed by atoms with Crippen molar-refractivity contribution in [2.75, 3.05) is 6.54 Å². The molecule has 6 heteroatoms. The Morgan fingerprint density at radius 3 is 2.29 bits per heavy atom. The van der Waals surface area contributed by atoms with Crippen LogP contribution in [0.15, 0.2) is 30.3 Å². The first-order chi connectivity index (χ1) is 9.93. The second-order valence-electron chi connectivity index (χ2n) is 4.45. The van der Waals surface area contributed by atoms with E-state index in [1.54, 1.807) is 18.2 Å². The molecular weight excluding hydrogens is 414 g/mol. The second kappa shape index (κ2) is 6.98. The van der Waals surface area contributed by atoms with E-state index in [-0.39, 0.29) is 5.56 Å². The molecule has 0 saturated carbocycles. The number of benzene rings is 2. The van der Waals surface area contributed by atoms with Gasteiger partial charge in [0, 0.05) is 21.3 Å². The molecule has 1 unspecified atom stereocenters. The normalized spacial score (nSPS) is 12.5. The highest BCUT2D eigenvalue weighted by molar-refractivity contribution is 14.1. The molecule has 0 aromatic heterocycles. The van der Waals surface area contributed by atoms with Gasteiger partial charge < -0.3 is 5.32 Å². The summed E-state index contributed by atoms with van der Waals surface area (Å²) in [5, 5.41) is 3.50. The van der Waals surface area contributed by atoms with E-state index in [0.29, 0.717) is 29.3 Å². The Kier molecular flexibility index (Phi) is 5.51. The lowest BCUT2D eigenvalue weighted by Gasteiger charge is -2.20. The molecule has 0 aliphatic rings. The summed E-state index contributed by atoms with van der Waals surface area (Å²) in [5.74, 6) is -2.79. The predicted octanol–water partition coefficient (Wildman–Crippen LogP) is 5.06. The topological polar surface area (TPSA) is 12.0 Å².